The van der Waals surface area contributed by atoms with Crippen LogP contribution in [0.25, 0.3) is 0 Å². The topological polar surface area (TPSA) is 29.1 Å². The van der Waals surface area contributed by atoms with Crippen LogP contribution in [0.3, 0.4) is 0 Å². The summed E-state index contributed by atoms with van der Waals surface area (Å²) >= 11 is 9.07. The molecule has 1 amide bonds. The van der Waals surface area contributed by atoms with Crippen LogP contribution in [-0.4, -0.2) is 17.3 Å². The Labute approximate surface area is 113 Å². The average Bonchev–Trinajstić information content (AvgIpc) is 3.13. The molecule has 0 heterocycles. The van der Waals surface area contributed by atoms with Crippen molar-refractivity contribution in [3.63, 3.8) is 0 Å². The molecular weight excluding hydrogens is 308 g/mol. The zero-order valence-corrected chi connectivity index (χ0v) is 11.4. The molecule has 2 nitrogen and oxygen atoms in total. The first-order valence-corrected chi connectivity index (χ1v) is 6.74. The Balaban J connectivity index is 1.92. The van der Waals surface area contributed by atoms with E-state index in [0.29, 0.717) is 22.9 Å². The van der Waals surface area contributed by atoms with Crippen LogP contribution < -0.4 is 5.32 Å². The molecule has 17 heavy (non-hydrogen) atoms. The zero-order valence-electron chi connectivity index (χ0n) is 9.05. The lowest BCUT2D eigenvalue weighted by atomic mass is 10.2. The molecule has 0 aliphatic heterocycles. The quantitative estimate of drug-likeness (QED) is 0.847. The number of hydrogen-bond donors (Lipinski definition) is 1. The first-order chi connectivity index (χ1) is 8.08. The molecule has 0 spiro atoms. The summed E-state index contributed by atoms with van der Waals surface area (Å²) in [6.07, 6.45) is 2.42. The summed E-state index contributed by atoms with van der Waals surface area (Å²) in [5, 5.41) is 2.80. The lowest BCUT2D eigenvalue weighted by Gasteiger charge is -2.10. The maximum Gasteiger partial charge on any atom is 0.251 e. The van der Waals surface area contributed by atoms with Crippen molar-refractivity contribution >= 4 is 33.4 Å². The predicted octanol–water partition coefficient (Wildman–Crippen LogP) is 3.38. The molecule has 2 rings (SSSR count). The van der Waals surface area contributed by atoms with Gasteiger partial charge in [-0.05, 0) is 37.0 Å². The molecule has 1 aliphatic rings. The van der Waals surface area contributed by atoms with Crippen LogP contribution in [0.5, 0.6) is 0 Å². The minimum absolute atomic E-state index is 0.0258. The standard InChI is InChI=1S/C12H12BrClFNO/c13-9(7-1-2-7)6-16-12(17)8-3-4-10(14)11(15)5-8/h3-5,7,9H,1-2,6H2,(H,16,17). The third-order valence-electron chi connectivity index (χ3n) is 2.77. The van der Waals surface area contributed by atoms with E-state index in [2.05, 4.69) is 21.2 Å². The Hall–Kier alpha value is -0.610. The van der Waals surface area contributed by atoms with Crippen molar-refractivity contribution in [3.05, 3.63) is 34.6 Å². The maximum absolute atomic E-state index is 13.2. The van der Waals surface area contributed by atoms with Gasteiger partial charge in [0.15, 0.2) is 0 Å². The summed E-state index contributed by atoms with van der Waals surface area (Å²) < 4.78 is 13.2. The van der Waals surface area contributed by atoms with Crippen molar-refractivity contribution in [1.82, 2.24) is 5.32 Å². The van der Waals surface area contributed by atoms with E-state index in [-0.39, 0.29) is 10.9 Å². The summed E-state index contributed by atoms with van der Waals surface area (Å²) in [4.78, 5) is 12.0. The monoisotopic (exact) mass is 319 g/mol. The number of nitrogens with one attached hydrogen (secondary N) is 1. The molecule has 0 saturated heterocycles. The number of alkyl halides is 1. The minimum Gasteiger partial charge on any atom is -0.351 e. The second-order valence-corrected chi connectivity index (χ2v) is 5.78. The van der Waals surface area contributed by atoms with E-state index in [1.54, 1.807) is 0 Å². The number of benzene rings is 1. The molecule has 5 heteroatoms. The van der Waals surface area contributed by atoms with Crippen LogP contribution in [0.1, 0.15) is 23.2 Å². The van der Waals surface area contributed by atoms with Gasteiger partial charge in [0.1, 0.15) is 5.82 Å². The van der Waals surface area contributed by atoms with Crippen molar-refractivity contribution in [3.8, 4) is 0 Å². The molecule has 1 aromatic carbocycles. The summed E-state index contributed by atoms with van der Waals surface area (Å²) in [7, 11) is 0. The van der Waals surface area contributed by atoms with Crippen molar-refractivity contribution in [2.75, 3.05) is 6.54 Å². The van der Waals surface area contributed by atoms with Crippen LogP contribution in [0.2, 0.25) is 5.02 Å². The number of carbonyl (C=O) groups is 1. The predicted molar refractivity (Wildman–Crippen MR) is 69.2 cm³/mol. The highest BCUT2D eigenvalue weighted by molar-refractivity contribution is 9.09. The molecule has 1 aliphatic carbocycles. The van der Waals surface area contributed by atoms with E-state index in [9.17, 15) is 9.18 Å². The fraction of sp³-hybridized carbons (Fsp3) is 0.417. The van der Waals surface area contributed by atoms with Crippen molar-refractivity contribution < 1.29 is 9.18 Å². The number of carbonyl (C=O) groups excluding carboxylic acids is 1. The van der Waals surface area contributed by atoms with E-state index in [1.165, 1.54) is 25.0 Å². The molecule has 1 atom stereocenters. The van der Waals surface area contributed by atoms with Crippen molar-refractivity contribution in [2.45, 2.75) is 17.7 Å². The number of halogens is 3. The van der Waals surface area contributed by atoms with Crippen LogP contribution in [0.4, 0.5) is 4.39 Å². The SMILES string of the molecule is O=C(NCC(Br)C1CC1)c1ccc(Cl)c(F)c1. The smallest absolute Gasteiger partial charge is 0.251 e. The molecule has 0 bridgehead atoms. The summed E-state index contributed by atoms with van der Waals surface area (Å²) in [6, 6.07) is 4.05. The second-order valence-electron chi connectivity index (χ2n) is 4.19. The Morgan fingerprint density at radius 1 is 1.59 bits per heavy atom. The Bertz CT molecular complexity index is 437. The Morgan fingerprint density at radius 2 is 2.29 bits per heavy atom. The molecule has 1 aromatic rings. The van der Waals surface area contributed by atoms with E-state index < -0.39 is 5.82 Å². The number of rotatable bonds is 4. The highest BCUT2D eigenvalue weighted by atomic mass is 79.9. The summed E-state index contributed by atoms with van der Waals surface area (Å²) in [6.45, 7) is 0.563. The number of hydrogen-bond acceptors (Lipinski definition) is 1. The molecule has 0 aromatic heterocycles. The van der Waals surface area contributed by atoms with E-state index >= 15 is 0 Å². The first kappa shape index (κ1) is 12.8. The second kappa shape index (κ2) is 5.36. The molecule has 1 unspecified atom stereocenters. The van der Waals surface area contributed by atoms with Gasteiger partial charge in [0.2, 0.25) is 0 Å². The zero-order chi connectivity index (χ0) is 12.4. The molecule has 92 valence electrons. The maximum atomic E-state index is 13.2. The van der Waals surface area contributed by atoms with Gasteiger partial charge in [-0.3, -0.25) is 4.79 Å². The van der Waals surface area contributed by atoms with Gasteiger partial charge < -0.3 is 5.32 Å². The van der Waals surface area contributed by atoms with Crippen LogP contribution in [-0.2, 0) is 0 Å². The van der Waals surface area contributed by atoms with Crippen molar-refractivity contribution in [2.24, 2.45) is 5.92 Å². The van der Waals surface area contributed by atoms with E-state index in [1.807, 2.05) is 0 Å². The lowest BCUT2D eigenvalue weighted by Crippen LogP contribution is -2.30. The van der Waals surface area contributed by atoms with Crippen molar-refractivity contribution in [1.29, 1.82) is 0 Å². The molecule has 0 radical (unpaired) electrons. The fourth-order valence-corrected chi connectivity index (χ4v) is 2.36. The largest absolute Gasteiger partial charge is 0.351 e. The Morgan fingerprint density at radius 3 is 2.88 bits per heavy atom. The van der Waals surface area contributed by atoms with Crippen LogP contribution in [0.15, 0.2) is 18.2 Å². The van der Waals surface area contributed by atoms with Gasteiger partial charge in [0, 0.05) is 16.9 Å². The molecule has 1 saturated carbocycles. The summed E-state index contributed by atoms with van der Waals surface area (Å²) in [5.74, 6) is -0.181. The highest BCUT2D eigenvalue weighted by Crippen LogP contribution is 2.36. The first-order valence-electron chi connectivity index (χ1n) is 5.45. The van der Waals surface area contributed by atoms with Crippen LogP contribution >= 0.6 is 27.5 Å². The molecule has 1 fully saturated rings. The van der Waals surface area contributed by atoms with Gasteiger partial charge >= 0.3 is 0 Å². The van der Waals surface area contributed by atoms with Gasteiger partial charge in [0.05, 0.1) is 5.02 Å². The highest BCUT2D eigenvalue weighted by Gasteiger charge is 2.29. The number of amides is 1. The van der Waals surface area contributed by atoms with E-state index in [4.69, 9.17) is 11.6 Å². The van der Waals surface area contributed by atoms with Crippen LogP contribution in [0, 0.1) is 11.7 Å². The Kier molecular flexibility index (Phi) is 4.05. The van der Waals surface area contributed by atoms with Gasteiger partial charge in [-0.25, -0.2) is 4.39 Å². The third-order valence-corrected chi connectivity index (χ3v) is 4.15. The van der Waals surface area contributed by atoms with Gasteiger partial charge in [-0.1, -0.05) is 27.5 Å². The van der Waals surface area contributed by atoms with Gasteiger partial charge in [-0.2, -0.15) is 0 Å². The fourth-order valence-electron chi connectivity index (χ4n) is 1.55. The summed E-state index contributed by atoms with van der Waals surface area (Å²) in [5.41, 5.74) is 0.294. The minimum atomic E-state index is -0.572. The van der Waals surface area contributed by atoms with Gasteiger partial charge in [0.25, 0.3) is 5.91 Å². The normalized spacial score (nSPS) is 16.6. The van der Waals surface area contributed by atoms with E-state index in [0.717, 1.165) is 6.07 Å². The lowest BCUT2D eigenvalue weighted by molar-refractivity contribution is 0.0953. The van der Waals surface area contributed by atoms with Gasteiger partial charge in [-0.15, -0.1) is 0 Å². The molecular formula is C12H12BrClFNO. The molecule has 1 N–H and O–H groups in total. The third kappa shape index (κ3) is 3.42. The average molecular weight is 321 g/mol.